The van der Waals surface area contributed by atoms with E-state index in [1.807, 2.05) is 29.3 Å². The van der Waals surface area contributed by atoms with Gasteiger partial charge in [-0.1, -0.05) is 12.1 Å². The van der Waals surface area contributed by atoms with Crippen molar-refractivity contribution in [2.24, 2.45) is 0 Å². The number of carbonyl (C=O) groups excluding carboxylic acids is 1. The van der Waals surface area contributed by atoms with Crippen molar-refractivity contribution in [3.05, 3.63) is 59.8 Å². The predicted octanol–water partition coefficient (Wildman–Crippen LogP) is 4.40. The van der Waals surface area contributed by atoms with Gasteiger partial charge >= 0.3 is 0 Å². The van der Waals surface area contributed by atoms with Gasteiger partial charge in [-0.2, -0.15) is 0 Å². The van der Waals surface area contributed by atoms with Gasteiger partial charge in [-0.15, -0.1) is 0 Å². The lowest BCUT2D eigenvalue weighted by molar-refractivity contribution is -0.127. The van der Waals surface area contributed by atoms with Gasteiger partial charge in [0.15, 0.2) is 11.5 Å². The molecule has 0 unspecified atom stereocenters. The molecule has 0 saturated heterocycles. The smallest absolute Gasteiger partial charge is 0.247 e. The summed E-state index contributed by atoms with van der Waals surface area (Å²) in [7, 11) is 4.72. The molecule has 1 amide bonds. The fourth-order valence-electron chi connectivity index (χ4n) is 3.62. The number of hydrogen-bond acceptors (Lipinski definition) is 4. The van der Waals surface area contributed by atoms with Gasteiger partial charge in [-0.3, -0.25) is 4.79 Å². The standard InChI is InChI=1S/C24H26N2O4/c1-28-21-13-16(14-22(29-2)24(21)30-3)5-9-23(27)26(19-7-8-19)15-17-4-6-18-10-11-25-20(18)12-17/h4-6,9-14,19,25H,7-8,15H2,1-3H3. The number of methoxy groups -OCH3 is 3. The molecule has 0 bridgehead atoms. The van der Waals surface area contributed by atoms with Gasteiger partial charge in [0.25, 0.3) is 0 Å². The van der Waals surface area contributed by atoms with Gasteiger partial charge in [-0.05, 0) is 59.7 Å². The Bertz CT molecular complexity index is 1060. The lowest BCUT2D eigenvalue weighted by Gasteiger charge is -2.21. The molecule has 1 aromatic heterocycles. The Morgan fingerprint density at radius 2 is 1.80 bits per heavy atom. The van der Waals surface area contributed by atoms with E-state index in [1.54, 1.807) is 33.5 Å². The average molecular weight is 406 g/mol. The lowest BCUT2D eigenvalue weighted by atomic mass is 10.1. The largest absolute Gasteiger partial charge is 0.493 e. The van der Waals surface area contributed by atoms with Crippen LogP contribution in [0.3, 0.4) is 0 Å². The van der Waals surface area contributed by atoms with Crippen LogP contribution in [0.25, 0.3) is 17.0 Å². The third kappa shape index (κ3) is 4.13. The first-order chi connectivity index (χ1) is 14.6. The molecule has 4 rings (SSSR count). The van der Waals surface area contributed by atoms with Crippen LogP contribution in [-0.4, -0.2) is 43.2 Å². The minimum absolute atomic E-state index is 0.00201. The first-order valence-electron chi connectivity index (χ1n) is 9.97. The van der Waals surface area contributed by atoms with Gasteiger partial charge in [0.2, 0.25) is 11.7 Å². The minimum atomic E-state index is -0.00201. The summed E-state index contributed by atoms with van der Waals surface area (Å²) < 4.78 is 16.1. The summed E-state index contributed by atoms with van der Waals surface area (Å²) in [6.45, 7) is 0.595. The molecule has 0 aliphatic heterocycles. The van der Waals surface area contributed by atoms with Crippen LogP contribution in [0, 0.1) is 0 Å². The molecule has 3 aromatic rings. The van der Waals surface area contributed by atoms with Crippen LogP contribution in [-0.2, 0) is 11.3 Å². The Morgan fingerprint density at radius 1 is 1.07 bits per heavy atom. The fourth-order valence-corrected chi connectivity index (χ4v) is 3.62. The maximum absolute atomic E-state index is 13.0. The number of nitrogens with zero attached hydrogens (tertiary/aromatic N) is 1. The summed E-state index contributed by atoms with van der Waals surface area (Å²) in [5.74, 6) is 1.64. The summed E-state index contributed by atoms with van der Waals surface area (Å²) in [6.07, 6.45) is 7.43. The second kappa shape index (κ2) is 8.53. The van der Waals surface area contributed by atoms with Crippen molar-refractivity contribution in [3.63, 3.8) is 0 Å². The first kappa shape index (κ1) is 19.9. The highest BCUT2D eigenvalue weighted by atomic mass is 16.5. The lowest BCUT2D eigenvalue weighted by Crippen LogP contribution is -2.31. The zero-order chi connectivity index (χ0) is 21.1. The fraction of sp³-hybridized carbons (Fsp3) is 0.292. The molecular formula is C24H26N2O4. The molecule has 0 spiro atoms. The molecule has 1 heterocycles. The van der Waals surface area contributed by atoms with Crippen molar-refractivity contribution in [1.29, 1.82) is 0 Å². The molecule has 0 radical (unpaired) electrons. The van der Waals surface area contributed by atoms with Crippen molar-refractivity contribution < 1.29 is 19.0 Å². The summed E-state index contributed by atoms with van der Waals surface area (Å²) in [5.41, 5.74) is 3.01. The van der Waals surface area contributed by atoms with E-state index >= 15 is 0 Å². The van der Waals surface area contributed by atoms with Crippen molar-refractivity contribution in [1.82, 2.24) is 9.88 Å². The number of amides is 1. The third-order valence-corrected chi connectivity index (χ3v) is 5.35. The van der Waals surface area contributed by atoms with E-state index in [1.165, 1.54) is 5.39 Å². The van der Waals surface area contributed by atoms with E-state index in [0.29, 0.717) is 29.8 Å². The molecule has 2 aromatic carbocycles. The summed E-state index contributed by atoms with van der Waals surface area (Å²) in [4.78, 5) is 18.2. The summed E-state index contributed by atoms with van der Waals surface area (Å²) >= 11 is 0. The second-order valence-electron chi connectivity index (χ2n) is 7.39. The van der Waals surface area contributed by atoms with Gasteiger partial charge < -0.3 is 24.1 Å². The zero-order valence-electron chi connectivity index (χ0n) is 17.5. The summed E-state index contributed by atoms with van der Waals surface area (Å²) in [5, 5.41) is 1.17. The van der Waals surface area contributed by atoms with Gasteiger partial charge in [0, 0.05) is 30.4 Å². The predicted molar refractivity (Wildman–Crippen MR) is 117 cm³/mol. The molecular weight excluding hydrogens is 380 g/mol. The number of aromatic nitrogens is 1. The van der Waals surface area contributed by atoms with Crippen molar-refractivity contribution in [3.8, 4) is 17.2 Å². The number of carbonyl (C=O) groups is 1. The Morgan fingerprint density at radius 3 is 2.43 bits per heavy atom. The van der Waals surface area contributed by atoms with Crippen molar-refractivity contribution >= 4 is 22.9 Å². The minimum Gasteiger partial charge on any atom is -0.493 e. The maximum Gasteiger partial charge on any atom is 0.247 e. The maximum atomic E-state index is 13.0. The van der Waals surface area contributed by atoms with Crippen LogP contribution in [0.15, 0.2) is 48.7 Å². The van der Waals surface area contributed by atoms with Crippen molar-refractivity contribution in [2.75, 3.05) is 21.3 Å². The molecule has 1 aliphatic carbocycles. The number of benzene rings is 2. The number of nitrogens with one attached hydrogen (secondary N) is 1. The zero-order valence-corrected chi connectivity index (χ0v) is 17.5. The molecule has 156 valence electrons. The number of ether oxygens (including phenoxy) is 3. The van der Waals surface area contributed by atoms with Crippen LogP contribution < -0.4 is 14.2 Å². The van der Waals surface area contributed by atoms with E-state index in [0.717, 1.165) is 29.5 Å². The summed E-state index contributed by atoms with van der Waals surface area (Å²) in [6, 6.07) is 12.3. The highest BCUT2D eigenvalue weighted by Gasteiger charge is 2.31. The number of fused-ring (bicyclic) bond motifs is 1. The normalized spacial score (nSPS) is 13.6. The second-order valence-corrected chi connectivity index (χ2v) is 7.39. The van der Waals surface area contributed by atoms with E-state index in [2.05, 4.69) is 23.2 Å². The average Bonchev–Trinajstić information content (AvgIpc) is 3.51. The van der Waals surface area contributed by atoms with Crippen LogP contribution in [0.2, 0.25) is 0 Å². The van der Waals surface area contributed by atoms with E-state index in [-0.39, 0.29) is 5.91 Å². The van der Waals surface area contributed by atoms with E-state index < -0.39 is 0 Å². The topological polar surface area (TPSA) is 63.8 Å². The third-order valence-electron chi connectivity index (χ3n) is 5.35. The quantitative estimate of drug-likeness (QED) is 0.563. The molecule has 1 saturated carbocycles. The van der Waals surface area contributed by atoms with Gasteiger partial charge in [0.1, 0.15) is 0 Å². The van der Waals surface area contributed by atoms with Crippen LogP contribution in [0.5, 0.6) is 17.2 Å². The molecule has 0 atom stereocenters. The highest BCUT2D eigenvalue weighted by Crippen LogP contribution is 2.38. The Hall–Kier alpha value is -3.41. The van der Waals surface area contributed by atoms with Crippen LogP contribution >= 0.6 is 0 Å². The number of rotatable bonds is 8. The molecule has 1 aliphatic rings. The molecule has 6 heteroatoms. The van der Waals surface area contributed by atoms with E-state index in [4.69, 9.17) is 14.2 Å². The molecule has 1 N–H and O–H groups in total. The van der Waals surface area contributed by atoms with Crippen molar-refractivity contribution in [2.45, 2.75) is 25.4 Å². The number of hydrogen-bond donors (Lipinski definition) is 1. The monoisotopic (exact) mass is 406 g/mol. The molecule has 30 heavy (non-hydrogen) atoms. The van der Waals surface area contributed by atoms with Gasteiger partial charge in [-0.25, -0.2) is 0 Å². The van der Waals surface area contributed by atoms with Gasteiger partial charge in [0.05, 0.1) is 21.3 Å². The Labute approximate surface area is 176 Å². The molecule has 6 nitrogen and oxygen atoms in total. The SMILES string of the molecule is COc1cc(C=CC(=O)N(Cc2ccc3cc[nH]c3c2)C2CC2)cc(OC)c1OC. The number of H-pyrrole nitrogens is 1. The van der Waals surface area contributed by atoms with Crippen LogP contribution in [0.1, 0.15) is 24.0 Å². The highest BCUT2D eigenvalue weighted by molar-refractivity contribution is 5.92. The Balaban J connectivity index is 1.54. The van der Waals surface area contributed by atoms with Crippen LogP contribution in [0.4, 0.5) is 0 Å². The molecule has 1 fully saturated rings. The Kier molecular flexibility index (Phi) is 5.65. The first-order valence-corrected chi connectivity index (χ1v) is 9.97. The van der Waals surface area contributed by atoms with E-state index in [9.17, 15) is 4.79 Å². The number of aromatic amines is 1.